The van der Waals surface area contributed by atoms with Crippen molar-refractivity contribution in [1.82, 2.24) is 9.97 Å². The molecule has 0 saturated carbocycles. The molecule has 1 heterocycles. The Hall–Kier alpha value is -1.41. The minimum atomic E-state index is 0.588. The minimum Gasteiger partial charge on any atom is -0.340 e. The number of benzene rings is 1. The van der Waals surface area contributed by atoms with Gasteiger partial charge in [-0.1, -0.05) is 0 Å². The van der Waals surface area contributed by atoms with E-state index in [0.717, 1.165) is 5.69 Å². The molecule has 1 aromatic heterocycles. The summed E-state index contributed by atoms with van der Waals surface area (Å²) in [7, 11) is 0. The maximum atomic E-state index is 5.33. The highest BCUT2D eigenvalue weighted by atomic mass is 127. The normalized spacial score (nSPS) is 10.1. The van der Waals surface area contributed by atoms with Crippen molar-refractivity contribution in [2.45, 2.75) is 6.92 Å². The molecule has 0 aliphatic carbocycles. The number of halogens is 1. The number of nitrogens with zero attached hydrogens (tertiary/aromatic N) is 2. The van der Waals surface area contributed by atoms with Crippen LogP contribution in [0.15, 0.2) is 30.3 Å². The standard InChI is InChI=1S/C11H12IN5/c1-7-14-10(6-11(15-7)17-13)16-9-4-2-8(12)3-5-9/h2-6H,13H2,1H3,(H2,14,15,16,17). The molecule has 17 heavy (non-hydrogen) atoms. The van der Waals surface area contributed by atoms with Crippen molar-refractivity contribution in [1.29, 1.82) is 0 Å². The maximum absolute atomic E-state index is 5.33. The van der Waals surface area contributed by atoms with E-state index in [-0.39, 0.29) is 0 Å². The Bertz CT molecular complexity index is 512. The smallest absolute Gasteiger partial charge is 0.145 e. The van der Waals surface area contributed by atoms with Crippen molar-refractivity contribution >= 4 is 39.9 Å². The number of nitrogens with two attached hydrogens (primary N) is 1. The summed E-state index contributed by atoms with van der Waals surface area (Å²) in [4.78, 5) is 8.40. The minimum absolute atomic E-state index is 0.588. The Kier molecular flexibility index (Phi) is 3.75. The Morgan fingerprint density at radius 3 is 2.41 bits per heavy atom. The van der Waals surface area contributed by atoms with Gasteiger partial charge in [0.05, 0.1) is 0 Å². The largest absolute Gasteiger partial charge is 0.340 e. The number of hydrogen-bond acceptors (Lipinski definition) is 5. The van der Waals surface area contributed by atoms with Crippen LogP contribution in [0.1, 0.15) is 5.82 Å². The lowest BCUT2D eigenvalue weighted by atomic mass is 10.3. The van der Waals surface area contributed by atoms with Gasteiger partial charge >= 0.3 is 0 Å². The summed E-state index contributed by atoms with van der Waals surface area (Å²) < 4.78 is 1.19. The van der Waals surface area contributed by atoms with E-state index in [2.05, 4.69) is 43.3 Å². The van der Waals surface area contributed by atoms with Gasteiger partial charge in [-0.25, -0.2) is 15.8 Å². The van der Waals surface area contributed by atoms with Crippen LogP contribution >= 0.6 is 22.6 Å². The van der Waals surface area contributed by atoms with Crippen molar-refractivity contribution in [3.8, 4) is 0 Å². The fourth-order valence-corrected chi connectivity index (χ4v) is 1.75. The average Bonchev–Trinajstić information content (AvgIpc) is 2.31. The van der Waals surface area contributed by atoms with Crippen LogP contribution in [0.4, 0.5) is 17.3 Å². The van der Waals surface area contributed by atoms with Crippen molar-refractivity contribution < 1.29 is 0 Å². The highest BCUT2D eigenvalue weighted by Crippen LogP contribution is 2.18. The maximum Gasteiger partial charge on any atom is 0.145 e. The summed E-state index contributed by atoms with van der Waals surface area (Å²) >= 11 is 2.26. The summed E-state index contributed by atoms with van der Waals surface area (Å²) in [6.07, 6.45) is 0. The van der Waals surface area contributed by atoms with E-state index >= 15 is 0 Å². The van der Waals surface area contributed by atoms with Crippen molar-refractivity contribution in [3.05, 3.63) is 39.7 Å². The topological polar surface area (TPSA) is 75.9 Å². The van der Waals surface area contributed by atoms with Crippen molar-refractivity contribution in [2.75, 3.05) is 10.7 Å². The van der Waals surface area contributed by atoms with Crippen LogP contribution in [0.3, 0.4) is 0 Å². The lowest BCUT2D eigenvalue weighted by Crippen LogP contribution is -2.10. The summed E-state index contributed by atoms with van der Waals surface area (Å²) in [5.41, 5.74) is 3.49. The van der Waals surface area contributed by atoms with Gasteiger partial charge in [-0.05, 0) is 53.8 Å². The molecule has 5 nitrogen and oxygen atoms in total. The fraction of sp³-hybridized carbons (Fsp3) is 0.0909. The monoisotopic (exact) mass is 341 g/mol. The molecular weight excluding hydrogens is 329 g/mol. The number of hydrogen-bond donors (Lipinski definition) is 3. The molecule has 0 radical (unpaired) electrons. The second kappa shape index (κ2) is 5.28. The molecule has 0 unspecified atom stereocenters. The van der Waals surface area contributed by atoms with E-state index in [9.17, 15) is 0 Å². The van der Waals surface area contributed by atoms with Crippen molar-refractivity contribution in [2.24, 2.45) is 5.84 Å². The van der Waals surface area contributed by atoms with Crippen LogP contribution in [-0.2, 0) is 0 Å². The number of nitrogens with one attached hydrogen (secondary N) is 2. The van der Waals surface area contributed by atoms with Gasteiger partial charge in [0, 0.05) is 15.3 Å². The van der Waals surface area contributed by atoms with E-state index in [1.54, 1.807) is 6.07 Å². The average molecular weight is 341 g/mol. The van der Waals surface area contributed by atoms with Gasteiger partial charge in [0.25, 0.3) is 0 Å². The third-order valence-electron chi connectivity index (χ3n) is 2.10. The van der Waals surface area contributed by atoms with Crippen LogP contribution in [0.5, 0.6) is 0 Å². The molecule has 0 fully saturated rings. The van der Waals surface area contributed by atoms with Crippen LogP contribution in [0.2, 0.25) is 0 Å². The van der Waals surface area contributed by atoms with Gasteiger partial charge in [-0.15, -0.1) is 0 Å². The predicted molar refractivity (Wildman–Crippen MR) is 77.0 cm³/mol. The van der Waals surface area contributed by atoms with Crippen molar-refractivity contribution in [3.63, 3.8) is 0 Å². The SMILES string of the molecule is Cc1nc(NN)cc(Nc2ccc(I)cc2)n1. The second-order valence-corrected chi connectivity index (χ2v) is 4.71. The van der Waals surface area contributed by atoms with E-state index < -0.39 is 0 Å². The van der Waals surface area contributed by atoms with Crippen LogP contribution in [0, 0.1) is 10.5 Å². The summed E-state index contributed by atoms with van der Waals surface area (Å²) in [5.74, 6) is 7.30. The molecule has 88 valence electrons. The van der Waals surface area contributed by atoms with Crippen LogP contribution < -0.4 is 16.6 Å². The van der Waals surface area contributed by atoms with Gasteiger partial charge in [-0.3, -0.25) is 0 Å². The van der Waals surface area contributed by atoms with E-state index in [0.29, 0.717) is 17.5 Å². The van der Waals surface area contributed by atoms with Gasteiger partial charge in [0.2, 0.25) is 0 Å². The van der Waals surface area contributed by atoms with E-state index in [4.69, 9.17) is 5.84 Å². The molecule has 0 bridgehead atoms. The third-order valence-corrected chi connectivity index (χ3v) is 2.82. The first-order valence-corrected chi connectivity index (χ1v) is 6.10. The lowest BCUT2D eigenvalue weighted by Gasteiger charge is -2.08. The Morgan fingerprint density at radius 1 is 1.12 bits per heavy atom. The third kappa shape index (κ3) is 3.27. The molecule has 1 aromatic carbocycles. The van der Waals surface area contributed by atoms with E-state index in [1.165, 1.54) is 3.57 Å². The zero-order valence-electron chi connectivity index (χ0n) is 9.24. The molecule has 0 spiro atoms. The lowest BCUT2D eigenvalue weighted by molar-refractivity contribution is 1.05. The Morgan fingerprint density at radius 2 is 1.76 bits per heavy atom. The number of aryl methyl sites for hydroxylation is 1. The summed E-state index contributed by atoms with van der Waals surface area (Å²) in [6, 6.07) is 9.80. The number of aromatic nitrogens is 2. The van der Waals surface area contributed by atoms with Gasteiger partial charge in [0.1, 0.15) is 17.5 Å². The first kappa shape index (κ1) is 12.1. The highest BCUT2D eigenvalue weighted by Gasteiger charge is 2.01. The Balaban J connectivity index is 2.23. The Labute approximate surface area is 113 Å². The quantitative estimate of drug-likeness (QED) is 0.454. The number of hydrazine groups is 1. The second-order valence-electron chi connectivity index (χ2n) is 3.46. The first-order valence-electron chi connectivity index (χ1n) is 5.02. The number of anilines is 3. The van der Waals surface area contributed by atoms with Gasteiger partial charge in [-0.2, -0.15) is 0 Å². The van der Waals surface area contributed by atoms with Gasteiger partial charge in [0.15, 0.2) is 0 Å². The fourth-order valence-electron chi connectivity index (χ4n) is 1.39. The molecular formula is C11H12IN5. The summed E-state index contributed by atoms with van der Waals surface area (Å²) in [5, 5.41) is 3.20. The zero-order valence-corrected chi connectivity index (χ0v) is 11.4. The molecule has 0 saturated heterocycles. The van der Waals surface area contributed by atoms with E-state index in [1.807, 2.05) is 31.2 Å². The predicted octanol–water partition coefficient (Wildman–Crippen LogP) is 2.42. The molecule has 6 heteroatoms. The zero-order chi connectivity index (χ0) is 12.3. The molecule has 2 rings (SSSR count). The molecule has 0 aliphatic rings. The molecule has 4 N–H and O–H groups in total. The molecule has 2 aromatic rings. The van der Waals surface area contributed by atoms with Crippen LogP contribution in [0.25, 0.3) is 0 Å². The summed E-state index contributed by atoms with van der Waals surface area (Å²) in [6.45, 7) is 1.82. The molecule has 0 amide bonds. The number of nitrogen functional groups attached to an aromatic ring is 1. The van der Waals surface area contributed by atoms with Gasteiger partial charge < -0.3 is 10.7 Å². The first-order chi connectivity index (χ1) is 8.17. The molecule has 0 atom stereocenters. The van der Waals surface area contributed by atoms with Crippen LogP contribution in [-0.4, -0.2) is 9.97 Å². The molecule has 0 aliphatic heterocycles. The highest BCUT2D eigenvalue weighted by molar-refractivity contribution is 14.1. The number of rotatable bonds is 3.